The molecule has 86 valence electrons. The molecule has 1 rings (SSSR count). The van der Waals surface area contributed by atoms with Crippen LogP contribution in [0.25, 0.3) is 0 Å². The van der Waals surface area contributed by atoms with Gasteiger partial charge in [0.25, 0.3) is 5.91 Å². The molecular formula is C10H10BrClN2O2. The largest absolute Gasteiger partial charge is 0.368 e. The van der Waals surface area contributed by atoms with Gasteiger partial charge in [-0.05, 0) is 41.1 Å². The Morgan fingerprint density at radius 2 is 2.12 bits per heavy atom. The fraction of sp³-hybridized carbons (Fsp3) is 0.200. The highest BCUT2D eigenvalue weighted by Crippen LogP contribution is 2.21. The van der Waals surface area contributed by atoms with Crippen molar-refractivity contribution in [3.8, 4) is 0 Å². The molecule has 6 heteroatoms. The highest BCUT2D eigenvalue weighted by atomic mass is 79.9. The minimum atomic E-state index is -0.713. The molecule has 16 heavy (non-hydrogen) atoms. The van der Waals surface area contributed by atoms with E-state index in [2.05, 4.69) is 21.2 Å². The first kappa shape index (κ1) is 13.0. The summed E-state index contributed by atoms with van der Waals surface area (Å²) >= 11 is 8.96. The van der Waals surface area contributed by atoms with E-state index in [-0.39, 0.29) is 5.91 Å². The standard InChI is InChI=1S/C10H10BrClN2O2/c1-5(9(13)15)14-10(16)7-3-2-6(12)4-8(7)11/h2-5H,1H3,(H2,13,15)(H,14,16). The van der Waals surface area contributed by atoms with Crippen LogP contribution in [0.15, 0.2) is 22.7 Å². The van der Waals surface area contributed by atoms with Crippen LogP contribution in [0.2, 0.25) is 5.02 Å². The van der Waals surface area contributed by atoms with E-state index in [1.807, 2.05) is 0 Å². The van der Waals surface area contributed by atoms with E-state index in [0.29, 0.717) is 15.1 Å². The lowest BCUT2D eigenvalue weighted by molar-refractivity contribution is -0.119. The van der Waals surface area contributed by atoms with E-state index in [1.54, 1.807) is 18.2 Å². The van der Waals surface area contributed by atoms with Crippen LogP contribution in [0.5, 0.6) is 0 Å². The molecule has 0 fully saturated rings. The molecule has 1 aromatic carbocycles. The number of halogens is 2. The monoisotopic (exact) mass is 304 g/mol. The van der Waals surface area contributed by atoms with Gasteiger partial charge < -0.3 is 11.1 Å². The molecule has 0 saturated heterocycles. The van der Waals surface area contributed by atoms with Crippen LogP contribution in [-0.4, -0.2) is 17.9 Å². The fourth-order valence-electron chi connectivity index (χ4n) is 1.02. The van der Waals surface area contributed by atoms with Crippen LogP contribution >= 0.6 is 27.5 Å². The lowest BCUT2D eigenvalue weighted by Gasteiger charge is -2.11. The van der Waals surface area contributed by atoms with Crippen molar-refractivity contribution < 1.29 is 9.59 Å². The summed E-state index contributed by atoms with van der Waals surface area (Å²) in [6.45, 7) is 1.52. The lowest BCUT2D eigenvalue weighted by atomic mass is 10.2. The van der Waals surface area contributed by atoms with Crippen LogP contribution in [0, 0.1) is 0 Å². The van der Waals surface area contributed by atoms with Crippen LogP contribution in [0.4, 0.5) is 0 Å². The summed E-state index contributed by atoms with van der Waals surface area (Å²) in [6, 6.07) is 4.05. The van der Waals surface area contributed by atoms with Crippen LogP contribution in [0.3, 0.4) is 0 Å². The second-order valence-electron chi connectivity index (χ2n) is 3.22. The molecule has 0 saturated carbocycles. The first-order chi connectivity index (χ1) is 7.41. The van der Waals surface area contributed by atoms with Gasteiger partial charge in [-0.1, -0.05) is 11.6 Å². The van der Waals surface area contributed by atoms with Gasteiger partial charge in [-0.15, -0.1) is 0 Å². The number of amides is 2. The highest BCUT2D eigenvalue weighted by molar-refractivity contribution is 9.10. The number of carbonyl (C=O) groups is 2. The van der Waals surface area contributed by atoms with E-state index in [1.165, 1.54) is 6.92 Å². The Kier molecular flexibility index (Phi) is 4.32. The van der Waals surface area contributed by atoms with Crippen molar-refractivity contribution in [1.29, 1.82) is 0 Å². The van der Waals surface area contributed by atoms with Gasteiger partial charge in [0.2, 0.25) is 5.91 Å². The van der Waals surface area contributed by atoms with Crippen molar-refractivity contribution in [1.82, 2.24) is 5.32 Å². The summed E-state index contributed by atoms with van der Waals surface area (Å²) in [4.78, 5) is 22.5. The first-order valence-corrected chi connectivity index (χ1v) is 5.64. The fourth-order valence-corrected chi connectivity index (χ4v) is 1.88. The van der Waals surface area contributed by atoms with Gasteiger partial charge in [0, 0.05) is 9.50 Å². The number of benzene rings is 1. The summed E-state index contributed by atoms with van der Waals surface area (Å²) in [6.07, 6.45) is 0. The third kappa shape index (κ3) is 3.21. The van der Waals surface area contributed by atoms with Gasteiger partial charge in [-0.3, -0.25) is 9.59 Å². The molecular weight excluding hydrogens is 295 g/mol. The van der Waals surface area contributed by atoms with E-state index >= 15 is 0 Å². The topological polar surface area (TPSA) is 72.2 Å². The van der Waals surface area contributed by atoms with Gasteiger partial charge in [0.1, 0.15) is 6.04 Å². The summed E-state index contributed by atoms with van der Waals surface area (Å²) in [5.41, 5.74) is 5.44. The number of primary amides is 1. The predicted molar refractivity (Wildman–Crippen MR) is 65.3 cm³/mol. The Morgan fingerprint density at radius 1 is 1.50 bits per heavy atom. The quantitative estimate of drug-likeness (QED) is 0.892. The first-order valence-electron chi connectivity index (χ1n) is 4.47. The van der Waals surface area contributed by atoms with E-state index < -0.39 is 11.9 Å². The molecule has 4 nitrogen and oxygen atoms in total. The second kappa shape index (κ2) is 5.32. The average Bonchev–Trinajstić information content (AvgIpc) is 2.16. The zero-order valence-corrected chi connectivity index (χ0v) is 10.8. The molecule has 2 amide bonds. The minimum Gasteiger partial charge on any atom is -0.368 e. The van der Waals surface area contributed by atoms with Gasteiger partial charge >= 0.3 is 0 Å². The number of rotatable bonds is 3. The summed E-state index contributed by atoms with van der Waals surface area (Å²) in [5.74, 6) is -0.965. The van der Waals surface area contributed by atoms with Crippen LogP contribution in [0.1, 0.15) is 17.3 Å². The Bertz CT molecular complexity index is 437. The maximum absolute atomic E-state index is 11.7. The zero-order chi connectivity index (χ0) is 12.3. The smallest absolute Gasteiger partial charge is 0.253 e. The molecule has 0 aliphatic heterocycles. The molecule has 1 atom stereocenters. The third-order valence-corrected chi connectivity index (χ3v) is 2.84. The number of carbonyl (C=O) groups excluding carboxylic acids is 2. The normalized spacial score (nSPS) is 11.9. The van der Waals surface area contributed by atoms with Crippen LogP contribution < -0.4 is 11.1 Å². The van der Waals surface area contributed by atoms with Crippen molar-refractivity contribution >= 4 is 39.3 Å². The molecule has 0 radical (unpaired) electrons. The summed E-state index contributed by atoms with van der Waals surface area (Å²) in [7, 11) is 0. The van der Waals surface area contributed by atoms with Crippen molar-refractivity contribution in [2.24, 2.45) is 5.73 Å². The number of nitrogens with two attached hydrogens (primary N) is 1. The molecule has 1 unspecified atom stereocenters. The highest BCUT2D eigenvalue weighted by Gasteiger charge is 2.15. The van der Waals surface area contributed by atoms with Crippen molar-refractivity contribution in [2.45, 2.75) is 13.0 Å². The Hall–Kier alpha value is -1.07. The minimum absolute atomic E-state index is 0.380. The average molecular weight is 306 g/mol. The van der Waals surface area contributed by atoms with Gasteiger partial charge in [-0.25, -0.2) is 0 Å². The second-order valence-corrected chi connectivity index (χ2v) is 4.51. The number of hydrogen-bond donors (Lipinski definition) is 2. The predicted octanol–water partition coefficient (Wildman–Crippen LogP) is 1.71. The number of nitrogens with one attached hydrogen (secondary N) is 1. The summed E-state index contributed by atoms with van der Waals surface area (Å²) < 4.78 is 0.564. The van der Waals surface area contributed by atoms with Crippen LogP contribution in [-0.2, 0) is 4.79 Å². The van der Waals surface area contributed by atoms with E-state index in [0.717, 1.165) is 0 Å². The molecule has 1 aromatic rings. The molecule has 3 N–H and O–H groups in total. The Morgan fingerprint density at radius 3 is 2.62 bits per heavy atom. The SMILES string of the molecule is CC(NC(=O)c1ccc(Cl)cc1Br)C(N)=O. The molecule has 0 heterocycles. The van der Waals surface area contributed by atoms with Crippen molar-refractivity contribution in [2.75, 3.05) is 0 Å². The van der Waals surface area contributed by atoms with Gasteiger partial charge in [0.05, 0.1) is 5.56 Å². The van der Waals surface area contributed by atoms with Gasteiger partial charge in [0.15, 0.2) is 0 Å². The lowest BCUT2D eigenvalue weighted by Crippen LogP contribution is -2.42. The molecule has 0 aliphatic carbocycles. The Balaban J connectivity index is 2.85. The van der Waals surface area contributed by atoms with E-state index in [4.69, 9.17) is 17.3 Å². The maximum Gasteiger partial charge on any atom is 0.253 e. The number of hydrogen-bond acceptors (Lipinski definition) is 2. The molecule has 0 spiro atoms. The molecule has 0 aromatic heterocycles. The summed E-state index contributed by atoms with van der Waals surface area (Å²) in [5, 5.41) is 2.99. The zero-order valence-electron chi connectivity index (χ0n) is 8.46. The third-order valence-electron chi connectivity index (χ3n) is 1.95. The maximum atomic E-state index is 11.7. The van der Waals surface area contributed by atoms with Gasteiger partial charge in [-0.2, -0.15) is 0 Å². The Labute approximate surface area is 106 Å². The molecule has 0 bridgehead atoms. The molecule has 0 aliphatic rings. The van der Waals surface area contributed by atoms with Crippen molar-refractivity contribution in [3.05, 3.63) is 33.3 Å². The van der Waals surface area contributed by atoms with Crippen molar-refractivity contribution in [3.63, 3.8) is 0 Å². The van der Waals surface area contributed by atoms with E-state index in [9.17, 15) is 9.59 Å².